The van der Waals surface area contributed by atoms with Gasteiger partial charge in [-0.2, -0.15) is 13.2 Å². The van der Waals surface area contributed by atoms with E-state index >= 15 is 0 Å². The summed E-state index contributed by atoms with van der Waals surface area (Å²) in [6.07, 6.45) is -3.73. The first kappa shape index (κ1) is 24.0. The van der Waals surface area contributed by atoms with E-state index < -0.39 is 23.1 Å². The van der Waals surface area contributed by atoms with E-state index in [2.05, 4.69) is 16.0 Å². The van der Waals surface area contributed by atoms with Gasteiger partial charge in [0, 0.05) is 29.3 Å². The molecule has 0 spiro atoms. The van der Waals surface area contributed by atoms with Crippen LogP contribution in [-0.4, -0.2) is 37.9 Å². The zero-order chi connectivity index (χ0) is 23.8. The van der Waals surface area contributed by atoms with Gasteiger partial charge in [-0.25, -0.2) is 9.59 Å². The molecule has 0 saturated carbocycles. The third kappa shape index (κ3) is 5.18. The van der Waals surface area contributed by atoms with Crippen molar-refractivity contribution in [1.29, 1.82) is 0 Å². The number of hydrogen-bond acceptors (Lipinski definition) is 7. The first-order chi connectivity index (χ1) is 15.6. The Hall–Kier alpha value is -2.15. The number of nitrogens with one attached hydrogen (secondary N) is 3. The van der Waals surface area contributed by atoms with Crippen LogP contribution >= 0.6 is 22.7 Å². The van der Waals surface area contributed by atoms with Crippen LogP contribution in [0.3, 0.4) is 0 Å². The highest BCUT2D eigenvalue weighted by molar-refractivity contribution is 7.16. The summed E-state index contributed by atoms with van der Waals surface area (Å²) in [7, 11) is 0. The van der Waals surface area contributed by atoms with Gasteiger partial charge in [-0.1, -0.05) is 0 Å². The number of amides is 2. The predicted octanol–water partition coefficient (Wildman–Crippen LogP) is 4.36. The van der Waals surface area contributed by atoms with E-state index in [4.69, 9.17) is 9.47 Å². The first-order valence-corrected chi connectivity index (χ1v) is 12.1. The average Bonchev–Trinajstić information content (AvgIpc) is 3.45. The first-order valence-electron chi connectivity index (χ1n) is 10.5. The van der Waals surface area contributed by atoms with Crippen LogP contribution in [0.25, 0.3) is 0 Å². The third-order valence-electron chi connectivity index (χ3n) is 5.70. The smallest absolute Gasteiger partial charge is 0.425 e. The van der Waals surface area contributed by atoms with E-state index in [1.807, 2.05) is 6.92 Å². The molecule has 3 N–H and O–H groups in total. The minimum absolute atomic E-state index is 0.110. The number of ether oxygens (including phenoxy) is 2. The summed E-state index contributed by atoms with van der Waals surface area (Å²) >= 11 is 1.94. The minimum atomic E-state index is -4.49. The number of hydrogen-bond donors (Lipinski definition) is 3. The Bertz CT molecular complexity index is 1060. The van der Waals surface area contributed by atoms with Gasteiger partial charge in [0.05, 0.1) is 18.8 Å². The molecule has 0 aromatic carbocycles. The van der Waals surface area contributed by atoms with E-state index in [9.17, 15) is 22.8 Å². The molecule has 1 saturated heterocycles. The molecular weight excluding hydrogens is 479 g/mol. The van der Waals surface area contributed by atoms with E-state index in [-0.39, 0.29) is 23.8 Å². The van der Waals surface area contributed by atoms with E-state index in [1.165, 1.54) is 11.3 Å². The van der Waals surface area contributed by atoms with Gasteiger partial charge in [0.2, 0.25) is 0 Å². The molecule has 2 aliphatic heterocycles. The molecule has 7 nitrogen and oxygen atoms in total. The number of esters is 1. The van der Waals surface area contributed by atoms with Crippen molar-refractivity contribution in [2.45, 2.75) is 52.1 Å². The third-order valence-corrected chi connectivity index (χ3v) is 8.14. The Balaban J connectivity index is 1.48. The Kier molecular flexibility index (Phi) is 6.99. The minimum Gasteiger partial charge on any atom is -0.456 e. The monoisotopic (exact) mass is 503 g/mol. The Morgan fingerprint density at radius 2 is 2.06 bits per heavy atom. The van der Waals surface area contributed by atoms with Crippen molar-refractivity contribution in [3.05, 3.63) is 36.9 Å². The maximum absolute atomic E-state index is 13.6. The molecule has 4 rings (SSSR count). The maximum atomic E-state index is 13.6. The molecule has 2 aliphatic rings. The summed E-state index contributed by atoms with van der Waals surface area (Å²) in [6.45, 7) is 5.16. The SMILES string of the molecule is Cc1sc(NC(=O)NCc2c(C(F)(F)F)sc3c2CCNC3)c(C(=O)OC2CCOC2)c1C. The molecule has 1 fully saturated rings. The Morgan fingerprint density at radius 1 is 1.27 bits per heavy atom. The highest BCUT2D eigenvalue weighted by atomic mass is 32.1. The van der Waals surface area contributed by atoms with Crippen molar-refractivity contribution >= 4 is 39.7 Å². The zero-order valence-electron chi connectivity index (χ0n) is 18.1. The lowest BCUT2D eigenvalue weighted by Gasteiger charge is -2.16. The largest absolute Gasteiger partial charge is 0.456 e. The quantitative estimate of drug-likeness (QED) is 0.528. The number of aryl methyl sites for hydroxylation is 1. The molecule has 1 unspecified atom stereocenters. The maximum Gasteiger partial charge on any atom is 0.425 e. The van der Waals surface area contributed by atoms with Gasteiger partial charge in [-0.15, -0.1) is 22.7 Å². The number of rotatable bonds is 5. The number of thiophene rings is 2. The van der Waals surface area contributed by atoms with Gasteiger partial charge in [-0.3, -0.25) is 5.32 Å². The summed E-state index contributed by atoms with van der Waals surface area (Å²) in [5.41, 5.74) is 1.71. The Labute approximate surface area is 196 Å². The van der Waals surface area contributed by atoms with Crippen molar-refractivity contribution in [1.82, 2.24) is 10.6 Å². The lowest BCUT2D eigenvalue weighted by molar-refractivity contribution is -0.135. The van der Waals surface area contributed by atoms with Crippen molar-refractivity contribution in [3.63, 3.8) is 0 Å². The molecule has 0 aliphatic carbocycles. The summed E-state index contributed by atoms with van der Waals surface area (Å²) < 4.78 is 51.4. The summed E-state index contributed by atoms with van der Waals surface area (Å²) in [4.78, 5) is 26.1. The van der Waals surface area contributed by atoms with Gasteiger partial charge < -0.3 is 20.1 Å². The number of urea groups is 1. The number of halogens is 3. The molecule has 0 radical (unpaired) electrons. The van der Waals surface area contributed by atoms with Crippen LogP contribution in [0.4, 0.5) is 23.0 Å². The fourth-order valence-corrected chi connectivity index (χ4v) is 6.16. The van der Waals surface area contributed by atoms with E-state index in [0.717, 1.165) is 16.2 Å². The van der Waals surface area contributed by atoms with Crippen LogP contribution in [0.2, 0.25) is 0 Å². The van der Waals surface area contributed by atoms with Crippen molar-refractivity contribution in [3.8, 4) is 0 Å². The highest BCUT2D eigenvalue weighted by Crippen LogP contribution is 2.42. The molecule has 1 atom stereocenters. The van der Waals surface area contributed by atoms with Gasteiger partial charge in [0.25, 0.3) is 0 Å². The summed E-state index contributed by atoms with van der Waals surface area (Å²) in [6, 6.07) is -0.684. The molecule has 0 bridgehead atoms. The molecule has 2 aromatic heterocycles. The van der Waals surface area contributed by atoms with Crippen LogP contribution in [0.5, 0.6) is 0 Å². The van der Waals surface area contributed by atoms with E-state index in [0.29, 0.717) is 60.2 Å². The van der Waals surface area contributed by atoms with Gasteiger partial charge in [0.1, 0.15) is 16.0 Å². The average molecular weight is 504 g/mol. The van der Waals surface area contributed by atoms with Crippen molar-refractivity contribution in [2.75, 3.05) is 25.1 Å². The van der Waals surface area contributed by atoms with E-state index in [1.54, 1.807) is 6.92 Å². The predicted molar refractivity (Wildman–Crippen MR) is 119 cm³/mol. The number of carbonyl (C=O) groups is 2. The van der Waals surface area contributed by atoms with Crippen molar-refractivity contribution < 1.29 is 32.2 Å². The number of alkyl halides is 3. The summed E-state index contributed by atoms with van der Waals surface area (Å²) in [5, 5.41) is 8.54. The van der Waals surface area contributed by atoms with Crippen LogP contribution in [0.15, 0.2) is 0 Å². The standard InChI is InChI=1S/C21H24F3N3O4S2/c1-10-11(2)32-18(16(10)19(28)31-12-4-6-30-9-12)27-20(29)26-7-14-13-3-5-25-8-15(13)33-17(14)21(22,23)24/h12,25H,3-9H2,1-2H3,(H2,26,27,29). The second-order valence-corrected chi connectivity index (χ2v) is 10.3. The molecule has 2 amide bonds. The van der Waals surface area contributed by atoms with Gasteiger partial charge >= 0.3 is 18.2 Å². The lowest BCUT2D eigenvalue weighted by Crippen LogP contribution is -2.30. The molecule has 2 aromatic rings. The molecule has 12 heteroatoms. The second kappa shape index (κ2) is 9.61. The number of fused-ring (bicyclic) bond motifs is 1. The molecule has 180 valence electrons. The molecule has 4 heterocycles. The van der Waals surface area contributed by atoms with Crippen LogP contribution in [0, 0.1) is 13.8 Å². The number of carbonyl (C=O) groups excluding carboxylic acids is 2. The van der Waals surface area contributed by atoms with Crippen LogP contribution in [0.1, 0.15) is 48.1 Å². The Morgan fingerprint density at radius 3 is 2.76 bits per heavy atom. The molecular formula is C21H24F3N3O4S2. The molecule has 33 heavy (non-hydrogen) atoms. The number of anilines is 1. The zero-order valence-corrected chi connectivity index (χ0v) is 19.7. The second-order valence-electron chi connectivity index (χ2n) is 7.92. The van der Waals surface area contributed by atoms with Gasteiger partial charge in [-0.05, 0) is 43.5 Å². The normalized spacial score (nSPS) is 18.2. The topological polar surface area (TPSA) is 88.7 Å². The van der Waals surface area contributed by atoms with Crippen molar-refractivity contribution in [2.24, 2.45) is 0 Å². The fraction of sp³-hybridized carbons (Fsp3) is 0.524. The summed E-state index contributed by atoms with van der Waals surface area (Å²) in [5.74, 6) is -0.554. The fourth-order valence-electron chi connectivity index (χ4n) is 3.91. The van der Waals surface area contributed by atoms with Crippen LogP contribution < -0.4 is 16.0 Å². The van der Waals surface area contributed by atoms with Crippen LogP contribution in [-0.2, 0) is 35.2 Å². The van der Waals surface area contributed by atoms with Gasteiger partial charge in [0.15, 0.2) is 0 Å². The lowest BCUT2D eigenvalue weighted by atomic mass is 10.0. The highest BCUT2D eigenvalue weighted by Gasteiger charge is 2.38.